The molecule has 0 amide bonds. The molecule has 2 heterocycles. The Labute approximate surface area is 120 Å². The Morgan fingerprint density at radius 2 is 1.94 bits per heavy atom. The number of hydrogen-bond acceptors (Lipinski definition) is 2. The van der Waals surface area contributed by atoms with Crippen molar-refractivity contribution in [3.05, 3.63) is 55.0 Å². The van der Waals surface area contributed by atoms with Crippen LogP contribution in [0, 0.1) is 0 Å². The van der Waals surface area contributed by atoms with Gasteiger partial charge in [0.2, 0.25) is 0 Å². The van der Waals surface area contributed by atoms with Gasteiger partial charge < -0.3 is 9.97 Å². The lowest BCUT2D eigenvalue weighted by Gasteiger charge is -2.07. The molecule has 3 nitrogen and oxygen atoms in total. The molecule has 18 heavy (non-hydrogen) atoms. The van der Waals surface area contributed by atoms with Gasteiger partial charge in [0.05, 0.1) is 20.2 Å². The van der Waals surface area contributed by atoms with Gasteiger partial charge in [-0.1, -0.05) is 6.07 Å². The van der Waals surface area contributed by atoms with E-state index in [-0.39, 0.29) is 11.1 Å². The van der Waals surface area contributed by atoms with Crippen LogP contribution in [-0.4, -0.2) is 9.97 Å². The Balaban J connectivity index is 2.05. The lowest BCUT2D eigenvalue weighted by molar-refractivity contribution is 1.16. The fraction of sp³-hybridized carbons (Fsp3) is 0.0833. The van der Waals surface area contributed by atoms with Crippen LogP contribution in [0.25, 0.3) is 11.0 Å². The Hall–Kier alpha value is -1.04. The van der Waals surface area contributed by atoms with Crippen molar-refractivity contribution in [1.82, 2.24) is 9.97 Å². The summed E-state index contributed by atoms with van der Waals surface area (Å²) < 4.78 is 1.05. The monoisotopic (exact) mass is 342 g/mol. The van der Waals surface area contributed by atoms with Crippen LogP contribution in [0.1, 0.15) is 16.5 Å². The summed E-state index contributed by atoms with van der Waals surface area (Å²) in [5, 5.41) is 1.81. The summed E-state index contributed by atoms with van der Waals surface area (Å²) in [6, 6.07) is 7.69. The zero-order valence-electron chi connectivity index (χ0n) is 9.04. The molecule has 2 N–H and O–H groups in total. The first kappa shape index (κ1) is 12.0. The largest absolute Gasteiger partial charge is 0.323 e. The van der Waals surface area contributed by atoms with E-state index in [9.17, 15) is 4.79 Å². The van der Waals surface area contributed by atoms with Crippen LogP contribution >= 0.6 is 38.9 Å². The number of thiophene rings is 1. The molecule has 3 rings (SSSR count). The summed E-state index contributed by atoms with van der Waals surface area (Å²) in [5.74, 6) is 0. The quantitative estimate of drug-likeness (QED) is 0.679. The molecule has 0 aliphatic carbocycles. The Bertz CT molecular complexity index is 761. The average molecular weight is 344 g/mol. The third-order valence-electron chi connectivity index (χ3n) is 2.71. The lowest BCUT2D eigenvalue weighted by Crippen LogP contribution is -1.99. The second kappa shape index (κ2) is 4.57. The Morgan fingerprint density at radius 3 is 2.67 bits per heavy atom. The Kier molecular flexibility index (Phi) is 3.05. The van der Waals surface area contributed by atoms with Gasteiger partial charge in [-0.2, -0.15) is 0 Å². The molecule has 1 atom stereocenters. The highest BCUT2D eigenvalue weighted by Gasteiger charge is 2.13. The van der Waals surface area contributed by atoms with E-state index in [4.69, 9.17) is 11.6 Å². The number of halogens is 2. The van der Waals surface area contributed by atoms with Crippen molar-refractivity contribution in [3.8, 4) is 0 Å². The summed E-state index contributed by atoms with van der Waals surface area (Å²) in [4.78, 5) is 16.6. The van der Waals surface area contributed by atoms with Crippen molar-refractivity contribution in [1.29, 1.82) is 0 Å². The maximum Gasteiger partial charge on any atom is 0.323 e. The minimum atomic E-state index is -0.213. The third-order valence-corrected chi connectivity index (χ3v) is 4.74. The molecule has 0 spiro atoms. The van der Waals surface area contributed by atoms with Gasteiger partial charge in [0, 0.05) is 0 Å². The topological polar surface area (TPSA) is 48.6 Å². The number of imidazole rings is 1. The van der Waals surface area contributed by atoms with E-state index < -0.39 is 0 Å². The van der Waals surface area contributed by atoms with E-state index in [1.54, 1.807) is 11.3 Å². The van der Waals surface area contributed by atoms with Crippen LogP contribution < -0.4 is 5.69 Å². The van der Waals surface area contributed by atoms with E-state index in [0.717, 1.165) is 25.9 Å². The summed E-state index contributed by atoms with van der Waals surface area (Å²) in [5.41, 5.74) is 3.37. The smallest absolute Gasteiger partial charge is 0.306 e. The molecule has 0 bridgehead atoms. The molecule has 0 radical (unpaired) electrons. The van der Waals surface area contributed by atoms with Gasteiger partial charge in [0.25, 0.3) is 0 Å². The van der Waals surface area contributed by atoms with Crippen LogP contribution in [0.4, 0.5) is 0 Å². The number of aromatic amines is 2. The second-order valence-electron chi connectivity index (χ2n) is 3.93. The fourth-order valence-electron chi connectivity index (χ4n) is 1.86. The van der Waals surface area contributed by atoms with Crippen molar-refractivity contribution < 1.29 is 0 Å². The highest BCUT2D eigenvalue weighted by molar-refractivity contribution is 9.11. The Morgan fingerprint density at radius 1 is 1.17 bits per heavy atom. The first-order valence-corrected chi connectivity index (χ1v) is 7.34. The van der Waals surface area contributed by atoms with Crippen LogP contribution in [0.2, 0.25) is 0 Å². The first-order valence-electron chi connectivity index (χ1n) is 5.23. The summed E-state index contributed by atoms with van der Waals surface area (Å²) in [7, 11) is 0. The number of H-pyrrole nitrogens is 2. The average Bonchev–Trinajstić information content (AvgIpc) is 2.92. The van der Waals surface area contributed by atoms with Crippen molar-refractivity contribution in [2.24, 2.45) is 0 Å². The summed E-state index contributed by atoms with van der Waals surface area (Å²) in [6.07, 6.45) is 0. The molecule has 6 heteroatoms. The molecule has 1 aromatic carbocycles. The summed E-state index contributed by atoms with van der Waals surface area (Å²) in [6.45, 7) is 0. The zero-order chi connectivity index (χ0) is 12.7. The molecule has 0 aliphatic rings. The van der Waals surface area contributed by atoms with Crippen molar-refractivity contribution in [2.45, 2.75) is 5.38 Å². The number of hydrogen-bond donors (Lipinski definition) is 2. The van der Waals surface area contributed by atoms with Crippen LogP contribution in [-0.2, 0) is 0 Å². The van der Waals surface area contributed by atoms with E-state index >= 15 is 0 Å². The van der Waals surface area contributed by atoms with Gasteiger partial charge >= 0.3 is 5.69 Å². The standard InChI is InChI=1S/C12H8BrClN2OS/c13-10-4-7(5-18-10)11(14)6-1-2-8-9(3-6)16-12(17)15-8/h1-5,11H,(H2,15,16,17). The number of nitrogens with one attached hydrogen (secondary N) is 2. The van der Waals surface area contributed by atoms with Gasteiger partial charge in [-0.15, -0.1) is 22.9 Å². The first-order chi connectivity index (χ1) is 8.63. The molecule has 0 saturated carbocycles. The van der Waals surface area contributed by atoms with Crippen LogP contribution in [0.3, 0.4) is 0 Å². The van der Waals surface area contributed by atoms with E-state index in [2.05, 4.69) is 25.9 Å². The second-order valence-corrected chi connectivity index (χ2v) is 6.66. The third kappa shape index (κ3) is 2.13. The lowest BCUT2D eigenvalue weighted by atomic mass is 10.1. The van der Waals surface area contributed by atoms with Crippen molar-refractivity contribution in [2.75, 3.05) is 0 Å². The van der Waals surface area contributed by atoms with Gasteiger partial charge in [0.15, 0.2) is 0 Å². The minimum Gasteiger partial charge on any atom is -0.306 e. The zero-order valence-corrected chi connectivity index (χ0v) is 12.2. The molecule has 0 aliphatic heterocycles. The van der Waals surface area contributed by atoms with E-state index in [1.807, 2.05) is 29.6 Å². The highest BCUT2D eigenvalue weighted by Crippen LogP contribution is 2.34. The number of aromatic nitrogens is 2. The molecular weight excluding hydrogens is 336 g/mol. The maximum atomic E-state index is 11.2. The number of fused-ring (bicyclic) bond motifs is 1. The van der Waals surface area contributed by atoms with Crippen molar-refractivity contribution in [3.63, 3.8) is 0 Å². The molecule has 92 valence electrons. The molecule has 3 aromatic rings. The molecule has 0 saturated heterocycles. The normalized spacial score (nSPS) is 13.0. The van der Waals surface area contributed by atoms with Gasteiger partial charge in [-0.3, -0.25) is 0 Å². The van der Waals surface area contributed by atoms with Crippen LogP contribution in [0.15, 0.2) is 38.2 Å². The van der Waals surface area contributed by atoms with E-state index in [0.29, 0.717) is 0 Å². The maximum absolute atomic E-state index is 11.2. The molecule has 0 fully saturated rings. The minimum absolute atomic E-state index is 0.202. The molecule has 2 aromatic heterocycles. The van der Waals surface area contributed by atoms with Gasteiger partial charge in [0.1, 0.15) is 0 Å². The predicted octanol–water partition coefficient (Wildman–Crippen LogP) is 4.01. The number of alkyl halides is 1. The molecular formula is C12H8BrClN2OS. The predicted molar refractivity (Wildman–Crippen MR) is 78.6 cm³/mol. The van der Waals surface area contributed by atoms with Crippen LogP contribution in [0.5, 0.6) is 0 Å². The van der Waals surface area contributed by atoms with Crippen molar-refractivity contribution >= 4 is 49.9 Å². The van der Waals surface area contributed by atoms with Gasteiger partial charge in [-0.05, 0) is 50.6 Å². The number of rotatable bonds is 2. The summed E-state index contributed by atoms with van der Waals surface area (Å²) >= 11 is 11.5. The SMILES string of the molecule is O=c1[nH]c2ccc(C(Cl)c3csc(Br)c3)cc2[nH]1. The number of benzene rings is 1. The van der Waals surface area contributed by atoms with E-state index in [1.165, 1.54) is 0 Å². The fourth-order valence-corrected chi connectivity index (χ4v) is 3.39. The van der Waals surface area contributed by atoms with Gasteiger partial charge in [-0.25, -0.2) is 4.79 Å². The molecule has 1 unspecified atom stereocenters. The highest BCUT2D eigenvalue weighted by atomic mass is 79.9.